The summed E-state index contributed by atoms with van der Waals surface area (Å²) in [6.07, 6.45) is 0. The molecule has 0 fully saturated rings. The minimum Gasteiger partial charge on any atom is -0.381 e. The fraction of sp³-hybridized carbons (Fsp3) is 0.0667. The van der Waals surface area contributed by atoms with Crippen molar-refractivity contribution in [1.82, 2.24) is 0 Å². The van der Waals surface area contributed by atoms with Gasteiger partial charge in [-0.2, -0.15) is 0 Å². The number of rotatable bonds is 4. The summed E-state index contributed by atoms with van der Waals surface area (Å²) < 4.78 is 0. The summed E-state index contributed by atoms with van der Waals surface area (Å²) in [4.78, 5) is 0. The number of allylic oxidation sites excluding steroid dienone is 1. The molecule has 4 aromatic carbocycles. The van der Waals surface area contributed by atoms with Crippen molar-refractivity contribution < 1.29 is 5.11 Å². The summed E-state index contributed by atoms with van der Waals surface area (Å²) in [5.74, 6) is 6.64. The number of hydrogen-bond donors (Lipinski definition) is 1. The van der Waals surface area contributed by atoms with Gasteiger partial charge in [-0.1, -0.05) is 114 Å². The van der Waals surface area contributed by atoms with Crippen molar-refractivity contribution in [2.45, 2.75) is 12.5 Å². The first-order chi connectivity index (χ1) is 15.6. The monoisotopic (exact) mass is 434 g/mol. The molecule has 1 unspecified atom stereocenters. The zero-order valence-corrected chi connectivity index (χ0v) is 18.6. The fourth-order valence-corrected chi connectivity index (χ4v) is 3.86. The molecule has 0 saturated heterocycles. The molecule has 32 heavy (non-hydrogen) atoms. The lowest BCUT2D eigenvalue weighted by molar-refractivity contribution is 0.123. The normalized spacial score (nSPS) is 13.3. The van der Waals surface area contributed by atoms with Crippen molar-refractivity contribution in [3.63, 3.8) is 0 Å². The fourth-order valence-electron chi connectivity index (χ4n) is 3.73. The van der Waals surface area contributed by atoms with Crippen molar-refractivity contribution >= 4 is 22.7 Å². The van der Waals surface area contributed by atoms with Crippen molar-refractivity contribution in [3.05, 3.63) is 143 Å². The van der Waals surface area contributed by atoms with Crippen LogP contribution >= 0.6 is 11.6 Å². The van der Waals surface area contributed by atoms with Gasteiger partial charge >= 0.3 is 0 Å². The molecule has 4 aromatic rings. The van der Waals surface area contributed by atoms with Gasteiger partial charge in [-0.05, 0) is 47.9 Å². The van der Waals surface area contributed by atoms with Gasteiger partial charge in [0.1, 0.15) is 5.60 Å². The van der Waals surface area contributed by atoms with Crippen molar-refractivity contribution in [3.8, 4) is 11.8 Å². The molecule has 0 aliphatic heterocycles. The molecular formula is C30H23ClO. The van der Waals surface area contributed by atoms with E-state index in [2.05, 4.69) is 11.8 Å². The van der Waals surface area contributed by atoms with Gasteiger partial charge in [0.2, 0.25) is 0 Å². The molecule has 1 N–H and O–H groups in total. The van der Waals surface area contributed by atoms with Crippen LogP contribution in [0.1, 0.15) is 29.2 Å². The van der Waals surface area contributed by atoms with Crippen LogP contribution in [-0.2, 0) is 5.60 Å². The Morgan fingerprint density at radius 3 is 1.75 bits per heavy atom. The summed E-state index contributed by atoms with van der Waals surface area (Å²) >= 11 is 6.04. The van der Waals surface area contributed by atoms with Crippen LogP contribution < -0.4 is 0 Å². The van der Waals surface area contributed by atoms with Crippen LogP contribution in [0.3, 0.4) is 0 Å². The lowest BCUT2D eigenvalue weighted by Crippen LogP contribution is -2.24. The van der Waals surface area contributed by atoms with E-state index in [9.17, 15) is 5.11 Å². The Hall–Kier alpha value is -3.57. The highest BCUT2D eigenvalue weighted by Crippen LogP contribution is 2.41. The highest BCUT2D eigenvalue weighted by Gasteiger charge is 2.32. The Labute approximate surface area is 194 Å². The minimum atomic E-state index is -1.26. The van der Waals surface area contributed by atoms with E-state index in [1.54, 1.807) is 0 Å². The van der Waals surface area contributed by atoms with E-state index >= 15 is 0 Å². The first-order valence-corrected chi connectivity index (χ1v) is 10.8. The Balaban J connectivity index is 2.01. The van der Waals surface area contributed by atoms with Crippen LogP contribution in [0.25, 0.3) is 11.1 Å². The van der Waals surface area contributed by atoms with E-state index < -0.39 is 5.60 Å². The second kappa shape index (κ2) is 9.71. The predicted octanol–water partition coefficient (Wildman–Crippen LogP) is 7.21. The van der Waals surface area contributed by atoms with E-state index in [0.717, 1.165) is 33.4 Å². The quantitative estimate of drug-likeness (QED) is 0.266. The highest BCUT2D eigenvalue weighted by atomic mass is 35.5. The van der Waals surface area contributed by atoms with Gasteiger partial charge in [0, 0.05) is 21.7 Å². The molecule has 0 aromatic heterocycles. The second-order valence-corrected chi connectivity index (χ2v) is 8.11. The van der Waals surface area contributed by atoms with Crippen molar-refractivity contribution in [2.24, 2.45) is 0 Å². The van der Waals surface area contributed by atoms with Crippen LogP contribution in [0.4, 0.5) is 0 Å². The summed E-state index contributed by atoms with van der Waals surface area (Å²) in [5.41, 5.74) is 3.81. The molecule has 2 heteroatoms. The first kappa shape index (κ1) is 21.7. The van der Waals surface area contributed by atoms with E-state index in [-0.39, 0.29) is 0 Å². The summed E-state index contributed by atoms with van der Waals surface area (Å²) in [6, 6.07) is 37.1. The third-order valence-corrected chi connectivity index (χ3v) is 5.63. The molecule has 0 spiro atoms. The average Bonchev–Trinajstić information content (AvgIpc) is 2.84. The Bertz CT molecular complexity index is 1260. The number of aliphatic hydroxyl groups is 1. The molecule has 0 saturated carbocycles. The molecule has 1 atom stereocenters. The smallest absolute Gasteiger partial charge is 0.114 e. The number of halogens is 1. The maximum absolute atomic E-state index is 11.9. The molecule has 0 aliphatic rings. The third kappa shape index (κ3) is 4.84. The van der Waals surface area contributed by atoms with Crippen LogP contribution in [0.15, 0.2) is 115 Å². The largest absolute Gasteiger partial charge is 0.381 e. The SMILES string of the molecule is CC(O)(/C(=C(\C#Cc1ccc(Cl)cc1)c1ccccc1)c1ccccc1)c1ccccc1. The van der Waals surface area contributed by atoms with Crippen LogP contribution in [0.2, 0.25) is 5.02 Å². The molecule has 156 valence electrons. The number of hydrogen-bond acceptors (Lipinski definition) is 1. The second-order valence-electron chi connectivity index (χ2n) is 7.68. The van der Waals surface area contributed by atoms with E-state index in [0.29, 0.717) is 5.02 Å². The molecule has 0 aliphatic carbocycles. The molecule has 0 heterocycles. The van der Waals surface area contributed by atoms with E-state index in [1.807, 2.05) is 122 Å². The molecule has 4 rings (SSSR count). The maximum atomic E-state index is 11.9. The van der Waals surface area contributed by atoms with Gasteiger partial charge < -0.3 is 5.11 Å². The lowest BCUT2D eigenvalue weighted by atomic mass is 9.79. The Morgan fingerprint density at radius 2 is 1.19 bits per heavy atom. The lowest BCUT2D eigenvalue weighted by Gasteiger charge is -2.29. The van der Waals surface area contributed by atoms with Gasteiger partial charge in [0.25, 0.3) is 0 Å². The molecule has 0 bridgehead atoms. The third-order valence-electron chi connectivity index (χ3n) is 5.37. The van der Waals surface area contributed by atoms with Crippen LogP contribution in [0.5, 0.6) is 0 Å². The maximum Gasteiger partial charge on any atom is 0.114 e. The minimum absolute atomic E-state index is 0.673. The van der Waals surface area contributed by atoms with Gasteiger partial charge in [-0.25, -0.2) is 0 Å². The summed E-state index contributed by atoms with van der Waals surface area (Å²) in [7, 11) is 0. The highest BCUT2D eigenvalue weighted by molar-refractivity contribution is 6.30. The zero-order chi connectivity index (χ0) is 22.4. The first-order valence-electron chi connectivity index (χ1n) is 10.5. The topological polar surface area (TPSA) is 20.2 Å². The predicted molar refractivity (Wildman–Crippen MR) is 134 cm³/mol. The van der Waals surface area contributed by atoms with Crippen LogP contribution in [0, 0.1) is 11.8 Å². The van der Waals surface area contributed by atoms with Crippen LogP contribution in [-0.4, -0.2) is 5.11 Å². The molecule has 0 radical (unpaired) electrons. The van der Waals surface area contributed by atoms with Gasteiger partial charge in [0.15, 0.2) is 0 Å². The van der Waals surface area contributed by atoms with E-state index in [4.69, 9.17) is 11.6 Å². The van der Waals surface area contributed by atoms with Crippen molar-refractivity contribution in [2.75, 3.05) is 0 Å². The van der Waals surface area contributed by atoms with E-state index in [1.165, 1.54) is 0 Å². The van der Waals surface area contributed by atoms with Gasteiger partial charge in [0.05, 0.1) is 0 Å². The number of benzene rings is 4. The Morgan fingerprint density at radius 1 is 0.688 bits per heavy atom. The zero-order valence-electron chi connectivity index (χ0n) is 17.8. The average molecular weight is 435 g/mol. The van der Waals surface area contributed by atoms with Gasteiger partial charge in [-0.3, -0.25) is 0 Å². The summed E-state index contributed by atoms with van der Waals surface area (Å²) in [6.45, 7) is 1.83. The molecule has 1 nitrogen and oxygen atoms in total. The van der Waals surface area contributed by atoms with Gasteiger partial charge in [-0.15, -0.1) is 0 Å². The molecule has 0 amide bonds. The standard InChI is InChI=1S/C30H23ClO/c1-30(32,26-15-9-4-10-16-26)29(25-13-7-3-8-14-25)28(24-11-5-2-6-12-24)22-19-23-17-20-27(31)21-18-23/h2-18,20-21,32H,1H3/b29-28+. The molecular weight excluding hydrogens is 412 g/mol. The van der Waals surface area contributed by atoms with Crippen molar-refractivity contribution in [1.29, 1.82) is 0 Å². The summed E-state index contributed by atoms with van der Waals surface area (Å²) in [5, 5.41) is 12.6. The Kier molecular flexibility index (Phi) is 6.57.